The Morgan fingerprint density at radius 2 is 0.947 bits per heavy atom. The Balaban J connectivity index is -0.000000111. The molecule has 11 aromatic heterocycles. The number of imidazole rings is 2. The predicted octanol–water partition coefficient (Wildman–Crippen LogP) is 19.1. The van der Waals surface area contributed by atoms with Gasteiger partial charge in [0.1, 0.15) is 12.8 Å². The van der Waals surface area contributed by atoms with Crippen LogP contribution in [0, 0.1) is 68.1 Å². The third-order valence-electron chi connectivity index (χ3n) is 13.9. The maximum absolute atomic E-state index is 4.96. The summed E-state index contributed by atoms with van der Waals surface area (Å²) in [5.41, 5.74) is 14.4. The minimum Gasteiger partial charge on any atom is -0.581 e. The molecule has 0 aliphatic carbocycles. The Bertz CT molecular complexity index is 3250. The number of thiazole rings is 1. The maximum atomic E-state index is 4.96. The van der Waals surface area contributed by atoms with E-state index >= 15 is 0 Å². The van der Waals surface area contributed by atoms with E-state index in [2.05, 4.69) is 366 Å². The van der Waals surface area contributed by atoms with Crippen LogP contribution < -0.4 is 0 Å². The molecule has 645 valence electrons. The summed E-state index contributed by atoms with van der Waals surface area (Å²) >= 11 is 2.99. The third kappa shape index (κ3) is 59.8. The van der Waals surface area contributed by atoms with Crippen LogP contribution >= 0.6 is 22.9 Å². The molecule has 0 bridgehead atoms. The number of rotatable bonds is 0. The van der Waals surface area contributed by atoms with Crippen molar-refractivity contribution in [3.63, 3.8) is 0 Å². The van der Waals surface area contributed by atoms with E-state index in [1.807, 2.05) is 65.7 Å². The molecule has 11 heterocycles. The van der Waals surface area contributed by atoms with Crippen LogP contribution in [0.4, 0.5) is 0 Å². The van der Waals surface area contributed by atoms with Crippen LogP contribution in [-0.2, 0) is 305 Å². The Hall–Kier alpha value is -0.564. The molecule has 113 heavy (non-hydrogen) atoms. The summed E-state index contributed by atoms with van der Waals surface area (Å²) in [7, 11) is 5.78. The number of aryl methyl sites for hydroxylation is 3. The predicted molar refractivity (Wildman–Crippen MR) is 410 cm³/mol. The van der Waals surface area contributed by atoms with E-state index in [-0.39, 0.29) is 284 Å². The average molecular weight is 3480 g/mol. The van der Waals surface area contributed by atoms with Gasteiger partial charge in [-0.2, -0.15) is 46.4 Å². The summed E-state index contributed by atoms with van der Waals surface area (Å²) in [5, 5.41) is 25.6. The molecule has 0 aliphatic rings. The fourth-order valence-corrected chi connectivity index (χ4v) is 8.33. The quantitative estimate of drug-likeness (QED) is 0.134. The number of oxazole rings is 2. The van der Waals surface area contributed by atoms with Crippen molar-refractivity contribution in [1.29, 1.82) is 0 Å². The zero-order chi connectivity index (χ0) is 78.6. The standard InChI is InChI=1S/3C8H13N2.2C7H11N2.4C7H10NO.2C7H10NS.11Re/c1-8(2,3)7-5-10(4)6-9-7;1-8(2,3)7-5-9-10(4)6-7;1-8(2,3)7-5-6-9-10(7)4;1-7(2,3)6-4-8-5-9-6;1-7(2,3)6-4-5-8-9-6;1-7(2,3)6-4-9-5-8-6;1-7(2,3)6-4-8-5-9-6;1-7(2,3)6-4-8-9-5-6;1-7(2,3)6-4-5-8-9-6;1-7(2,3)6-4-9-5-8-6;1-7(2,3)6-4-8-9-5-6;;;;;;;;;;;/h5H,1-4H3;6H,1-4H3;5H,1-4H3;2*4H,1-3H3,(H,8,9);2*4H,1-3H3;5H,1-3H3;2*4H,1-3H3;5H,1-3H3;;;;;;;;;;;/q11*-1;;;;;;;;;;;. The van der Waals surface area contributed by atoms with E-state index in [0.717, 1.165) is 51.1 Å². The second kappa shape index (κ2) is 61.7. The van der Waals surface area contributed by atoms with E-state index in [0.29, 0.717) is 0 Å². The van der Waals surface area contributed by atoms with E-state index in [1.54, 1.807) is 35.7 Å². The fraction of sp³-hybridized carbons (Fsp3) is 0.588. The smallest absolute Gasteiger partial charge is 0.102 e. The number of hydrogen-bond acceptors (Lipinski definition) is 17. The van der Waals surface area contributed by atoms with Gasteiger partial charge in [-0.3, -0.25) is 11.3 Å². The van der Waals surface area contributed by atoms with Crippen LogP contribution in [0.2, 0.25) is 0 Å². The monoisotopic (exact) mass is 3490 g/mol. The summed E-state index contributed by atoms with van der Waals surface area (Å²) in [6.45, 7) is 70.1. The van der Waals surface area contributed by atoms with Gasteiger partial charge in [0.25, 0.3) is 0 Å². The molecule has 0 amide bonds. The SMILES string of the molecule is CC(C)(C)c1[c-]noc1.CC(C)(C)c1[c-]nsc1.CC(C)(C)c1c[c-]n[nH]1.CC(C)(C)c1c[c-]no1.CC(C)(C)c1cn[c-][nH]1.CC(C)(C)c1cn[c-]o1.CC(C)(C)c1co[c-]n1.CC(C)(C)c1cs[c-]n1.Cn1[c-]nc(C(C)(C)C)c1.Cn1cc(C(C)(C)C)[c-]n1.Cn1n[c-]cc1C(C)(C)C.[Re].[Re].[Re].[Re].[Re].[Re].[Re].[Re].[Re].[Re].[Re]. The molecule has 0 unspecified atom stereocenters. The summed E-state index contributed by atoms with van der Waals surface area (Å²) in [6, 6.07) is 5.57. The summed E-state index contributed by atoms with van der Waals surface area (Å²) in [6.07, 6.45) is 37.9. The van der Waals surface area contributed by atoms with Gasteiger partial charge in [-0.25, -0.2) is 10.3 Å². The Kier molecular flexibility index (Phi) is 74.1. The molecule has 0 spiro atoms. The van der Waals surface area contributed by atoms with E-state index in [4.69, 9.17) is 13.4 Å². The number of H-pyrrole nitrogens is 2. The molecule has 0 saturated heterocycles. The van der Waals surface area contributed by atoms with Gasteiger partial charge < -0.3 is 86.5 Å². The molecule has 0 aromatic carbocycles. The van der Waals surface area contributed by atoms with Gasteiger partial charge in [-0.05, 0) is 75.4 Å². The van der Waals surface area contributed by atoms with Crippen molar-refractivity contribution in [2.45, 2.75) is 288 Å². The average Bonchev–Trinajstić information content (AvgIpc) is 1.79. The van der Waals surface area contributed by atoms with Crippen molar-refractivity contribution >= 4 is 22.9 Å². The number of aromatic nitrogens is 16. The van der Waals surface area contributed by atoms with E-state index in [1.165, 1.54) is 34.1 Å². The van der Waals surface area contributed by atoms with Crippen molar-refractivity contribution in [1.82, 2.24) is 78.9 Å². The van der Waals surface area contributed by atoms with Crippen molar-refractivity contribution < 1.29 is 243 Å². The number of nitrogens with one attached hydrogen (secondary N) is 2. The Morgan fingerprint density at radius 3 is 1.14 bits per heavy atom. The van der Waals surface area contributed by atoms with Crippen molar-refractivity contribution in [3.8, 4) is 0 Å². The van der Waals surface area contributed by atoms with Crippen molar-refractivity contribution in [3.05, 3.63) is 197 Å². The largest absolute Gasteiger partial charge is 0.581 e. The van der Waals surface area contributed by atoms with Gasteiger partial charge in [0.2, 0.25) is 0 Å². The number of nitrogens with zero attached hydrogens (tertiary/aromatic N) is 14. The van der Waals surface area contributed by atoms with Gasteiger partial charge in [-0.1, -0.05) is 285 Å². The maximum Gasteiger partial charge on any atom is 0.102 e. The Morgan fingerprint density at radius 1 is 0.416 bits per heavy atom. The molecule has 0 fully saturated rings. The summed E-state index contributed by atoms with van der Waals surface area (Å²) < 4.78 is 28.6. The zero-order valence-corrected chi connectivity index (χ0v) is 104. The van der Waals surface area contributed by atoms with Crippen LogP contribution in [0.3, 0.4) is 0 Å². The first-order valence-electron chi connectivity index (χ1n) is 33.9. The molecule has 0 atom stereocenters. The van der Waals surface area contributed by atoms with Crippen LogP contribution in [0.15, 0.2) is 84.2 Å². The van der Waals surface area contributed by atoms with Crippen LogP contribution in [-0.4, -0.2) is 78.9 Å². The summed E-state index contributed by atoms with van der Waals surface area (Å²) in [5.74, 6) is 1.75. The van der Waals surface area contributed by atoms with Gasteiger partial charge >= 0.3 is 0 Å². The van der Waals surface area contributed by atoms with Crippen LogP contribution in [0.1, 0.15) is 291 Å². The molecule has 20 nitrogen and oxygen atoms in total. The van der Waals surface area contributed by atoms with Gasteiger partial charge in [-0.15, -0.1) is 77.4 Å². The Labute approximate surface area is 839 Å². The molecule has 11 radical (unpaired) electrons. The van der Waals surface area contributed by atoms with Crippen LogP contribution in [0.5, 0.6) is 0 Å². The van der Waals surface area contributed by atoms with Gasteiger partial charge in [0.05, 0.1) is 0 Å². The molecule has 33 heteroatoms. The van der Waals surface area contributed by atoms with Gasteiger partial charge in [0, 0.05) is 245 Å². The molecule has 0 aliphatic heterocycles. The topological polar surface area (TPSA) is 241 Å². The molecule has 11 aromatic rings. The molecule has 11 rings (SSSR count). The summed E-state index contributed by atoms with van der Waals surface area (Å²) in [4.78, 5) is 22.5. The normalized spacial score (nSPS) is 10.8. The first kappa shape index (κ1) is 136. The molecule has 0 saturated carbocycles. The van der Waals surface area contributed by atoms with Crippen LogP contribution in [0.25, 0.3) is 0 Å². The molecular weight excluding hydrogens is 3360 g/mol. The number of aromatic amines is 2. The number of hydrogen-bond donors (Lipinski definition) is 2. The first-order valence-corrected chi connectivity index (χ1v) is 35.6. The first-order chi connectivity index (χ1) is 46.4. The second-order valence-electron chi connectivity index (χ2n) is 35.5. The minimum absolute atomic E-state index is 0. The molecular formula is C80H121N16O4Re11S2-11. The van der Waals surface area contributed by atoms with E-state index < -0.39 is 0 Å². The van der Waals surface area contributed by atoms with Crippen molar-refractivity contribution in [2.75, 3.05) is 0 Å². The van der Waals surface area contributed by atoms with Crippen molar-refractivity contribution in [2.24, 2.45) is 21.1 Å². The second-order valence-corrected chi connectivity index (χ2v) is 36.8. The molecule has 2 N–H and O–H groups in total. The van der Waals surface area contributed by atoms with Gasteiger partial charge in [0.15, 0.2) is 0 Å². The zero-order valence-electron chi connectivity index (χ0n) is 72.7. The van der Waals surface area contributed by atoms with E-state index in [9.17, 15) is 0 Å². The minimum atomic E-state index is 0. The fourth-order valence-electron chi connectivity index (χ4n) is 6.89. The third-order valence-corrected chi connectivity index (χ3v) is 15.0.